The second-order valence-electron chi connectivity index (χ2n) is 8.64. The number of rotatable bonds is 19. The summed E-state index contributed by atoms with van der Waals surface area (Å²) in [6.07, 6.45) is 0.806. The third-order valence-electron chi connectivity index (χ3n) is 5.64. The number of likely N-dealkylation sites (N-methyl/N-ethyl adjacent to an activating group) is 1. The molecule has 0 aromatic carbocycles. The van der Waals surface area contributed by atoms with E-state index in [0.29, 0.717) is 0 Å². The molecule has 1 aliphatic rings. The van der Waals surface area contributed by atoms with Gasteiger partial charge in [-0.15, -0.1) is 0 Å². The minimum Gasteiger partial charge on any atom is -0.390 e. The number of hydrogen-bond acceptors (Lipinski definition) is 11. The van der Waals surface area contributed by atoms with Crippen LogP contribution >= 0.6 is 11.8 Å². The molecule has 1 rings (SSSR count). The van der Waals surface area contributed by atoms with Gasteiger partial charge >= 0.3 is 0 Å². The predicted octanol–water partition coefficient (Wildman–Crippen LogP) is -2.74. The molecule has 15 heteroatoms. The van der Waals surface area contributed by atoms with Crippen LogP contribution in [0.4, 0.5) is 0 Å². The maximum Gasteiger partial charge on any atom is 0.249 e. The fourth-order valence-electron chi connectivity index (χ4n) is 3.39. The third kappa shape index (κ3) is 11.9. The van der Waals surface area contributed by atoms with Gasteiger partial charge in [-0.1, -0.05) is 0 Å². The molecule has 3 atom stereocenters. The number of nitrogens with two attached hydrogens (primary N) is 1. The smallest absolute Gasteiger partial charge is 0.249 e. The number of ether oxygens (including phenoxy) is 2. The summed E-state index contributed by atoms with van der Waals surface area (Å²) in [7, 11) is 1.38. The Morgan fingerprint density at radius 3 is 2.47 bits per heavy atom. The lowest BCUT2D eigenvalue weighted by atomic mass is 10.1. The molecule has 0 aromatic rings. The minimum atomic E-state index is -1.05. The van der Waals surface area contributed by atoms with E-state index in [1.807, 2.05) is 0 Å². The van der Waals surface area contributed by atoms with E-state index in [1.54, 1.807) is 6.26 Å². The van der Waals surface area contributed by atoms with E-state index in [-0.39, 0.29) is 101 Å². The summed E-state index contributed by atoms with van der Waals surface area (Å²) in [5, 5.41) is 14.2. The van der Waals surface area contributed by atoms with Gasteiger partial charge in [0, 0.05) is 52.5 Å². The van der Waals surface area contributed by atoms with E-state index in [2.05, 4.69) is 10.6 Å². The molecule has 1 fully saturated rings. The van der Waals surface area contributed by atoms with Gasteiger partial charge in [0.1, 0.15) is 18.4 Å². The number of likely N-dealkylation sites (tertiary alicyclic amines) is 1. The van der Waals surface area contributed by atoms with Crippen LogP contribution < -0.4 is 16.4 Å². The first-order valence-electron chi connectivity index (χ1n) is 12.2. The van der Waals surface area contributed by atoms with Crippen molar-refractivity contribution in [2.75, 3.05) is 65.9 Å². The molecule has 0 radical (unpaired) electrons. The fourth-order valence-corrected chi connectivity index (χ4v) is 4.03. The molecular formula is C23H39N5O9S. The molecular weight excluding hydrogens is 522 g/mol. The van der Waals surface area contributed by atoms with Crippen molar-refractivity contribution in [3.05, 3.63) is 0 Å². The maximum absolute atomic E-state index is 12.4. The third-order valence-corrected chi connectivity index (χ3v) is 6.58. The lowest BCUT2D eigenvalue weighted by Crippen LogP contribution is -2.51. The van der Waals surface area contributed by atoms with E-state index < -0.39 is 24.0 Å². The van der Waals surface area contributed by atoms with E-state index in [0.717, 1.165) is 9.80 Å². The van der Waals surface area contributed by atoms with Crippen molar-refractivity contribution in [1.82, 2.24) is 20.4 Å². The van der Waals surface area contributed by atoms with Crippen molar-refractivity contribution < 1.29 is 43.3 Å². The SMILES string of the molecule is CSC1CC(=O)N(CCC(=O)NCCOCCOCC(=O)N(C)C(CC(C)=O)C(=O)NCC(O)CN)C1=O. The van der Waals surface area contributed by atoms with Crippen molar-refractivity contribution in [1.29, 1.82) is 0 Å². The second kappa shape index (κ2) is 17.8. The number of ketones is 1. The van der Waals surface area contributed by atoms with Gasteiger partial charge in [-0.2, -0.15) is 11.8 Å². The molecule has 5 amide bonds. The summed E-state index contributed by atoms with van der Waals surface area (Å²) in [6.45, 7) is 1.50. The number of thioether (sulfide) groups is 1. The average Bonchev–Trinajstić information content (AvgIpc) is 3.16. The number of carbonyl (C=O) groups is 6. The Hall–Kier alpha value is -2.59. The molecule has 0 spiro atoms. The highest BCUT2D eigenvalue weighted by Crippen LogP contribution is 2.22. The summed E-state index contributed by atoms with van der Waals surface area (Å²) in [6, 6.07) is -1.05. The Kier molecular flexibility index (Phi) is 15.7. The summed E-state index contributed by atoms with van der Waals surface area (Å²) in [5.74, 6) is -2.23. The Balaban J connectivity index is 2.22. The van der Waals surface area contributed by atoms with Gasteiger partial charge in [-0.05, 0) is 13.2 Å². The summed E-state index contributed by atoms with van der Waals surface area (Å²) < 4.78 is 10.6. The number of imide groups is 1. The van der Waals surface area contributed by atoms with Gasteiger partial charge in [0.05, 0.1) is 31.2 Å². The number of hydrogen-bond donors (Lipinski definition) is 4. The number of carbonyl (C=O) groups excluding carboxylic acids is 6. The van der Waals surface area contributed by atoms with Crippen molar-refractivity contribution in [3.8, 4) is 0 Å². The minimum absolute atomic E-state index is 0.00751. The van der Waals surface area contributed by atoms with Crippen LogP contribution in [0.3, 0.4) is 0 Å². The standard InChI is InChI=1S/C23H39N5O9S/c1-15(29)10-17(22(34)26-13-16(30)12-24)27(2)21(33)14-37-9-8-36-7-5-25-19(31)4-6-28-20(32)11-18(38-3)23(28)35/h16-18,30H,4-14,24H2,1-3H3,(H,25,31)(H,26,34). The number of nitrogens with zero attached hydrogens (tertiary/aromatic N) is 2. The van der Waals surface area contributed by atoms with Gasteiger partial charge in [0.2, 0.25) is 29.5 Å². The molecule has 1 heterocycles. The summed E-state index contributed by atoms with van der Waals surface area (Å²) in [5.41, 5.74) is 5.30. The number of nitrogens with one attached hydrogen (secondary N) is 2. The number of amides is 5. The Morgan fingerprint density at radius 2 is 1.87 bits per heavy atom. The number of aliphatic hydroxyl groups excluding tert-OH is 1. The van der Waals surface area contributed by atoms with Gasteiger partial charge in [0.25, 0.3) is 0 Å². The van der Waals surface area contributed by atoms with Gasteiger partial charge < -0.3 is 35.8 Å². The molecule has 5 N–H and O–H groups in total. The van der Waals surface area contributed by atoms with Crippen molar-refractivity contribution in [2.24, 2.45) is 5.73 Å². The molecule has 0 saturated carbocycles. The van der Waals surface area contributed by atoms with E-state index in [1.165, 1.54) is 25.7 Å². The van der Waals surface area contributed by atoms with Gasteiger partial charge in [-0.3, -0.25) is 33.7 Å². The zero-order valence-electron chi connectivity index (χ0n) is 22.1. The largest absolute Gasteiger partial charge is 0.390 e. The zero-order valence-corrected chi connectivity index (χ0v) is 22.9. The van der Waals surface area contributed by atoms with Crippen molar-refractivity contribution in [2.45, 2.75) is 43.6 Å². The molecule has 14 nitrogen and oxygen atoms in total. The topological polar surface area (TPSA) is 198 Å². The Bertz CT molecular complexity index is 844. The number of aliphatic hydroxyl groups is 1. The Labute approximate surface area is 226 Å². The van der Waals surface area contributed by atoms with Crippen LogP contribution in [-0.2, 0) is 38.2 Å². The van der Waals surface area contributed by atoms with Crippen LogP contribution in [0.15, 0.2) is 0 Å². The van der Waals surface area contributed by atoms with Crippen molar-refractivity contribution >= 4 is 47.1 Å². The first-order valence-corrected chi connectivity index (χ1v) is 13.5. The van der Waals surface area contributed by atoms with Gasteiger partial charge in [-0.25, -0.2) is 0 Å². The zero-order chi connectivity index (χ0) is 28.7. The second-order valence-corrected chi connectivity index (χ2v) is 9.68. The monoisotopic (exact) mass is 561 g/mol. The summed E-state index contributed by atoms with van der Waals surface area (Å²) >= 11 is 1.32. The first-order chi connectivity index (χ1) is 18.0. The van der Waals surface area contributed by atoms with Crippen LogP contribution in [0.2, 0.25) is 0 Å². The molecule has 38 heavy (non-hydrogen) atoms. The van der Waals surface area contributed by atoms with E-state index >= 15 is 0 Å². The van der Waals surface area contributed by atoms with Crippen LogP contribution in [-0.4, -0.2) is 134 Å². The molecule has 216 valence electrons. The molecule has 0 aliphatic carbocycles. The lowest BCUT2D eigenvalue weighted by molar-refractivity contribution is -0.144. The predicted molar refractivity (Wildman–Crippen MR) is 138 cm³/mol. The molecule has 1 aliphatic heterocycles. The Morgan fingerprint density at radius 1 is 1.18 bits per heavy atom. The molecule has 3 unspecified atom stereocenters. The summed E-state index contributed by atoms with van der Waals surface area (Å²) in [4.78, 5) is 74.5. The highest BCUT2D eigenvalue weighted by atomic mass is 32.2. The maximum atomic E-state index is 12.4. The van der Waals surface area contributed by atoms with E-state index in [9.17, 15) is 33.9 Å². The van der Waals surface area contributed by atoms with Crippen LogP contribution in [0.1, 0.15) is 26.2 Å². The lowest BCUT2D eigenvalue weighted by Gasteiger charge is -2.27. The van der Waals surface area contributed by atoms with Crippen LogP contribution in [0.5, 0.6) is 0 Å². The fraction of sp³-hybridized carbons (Fsp3) is 0.739. The van der Waals surface area contributed by atoms with E-state index in [4.69, 9.17) is 15.2 Å². The molecule has 1 saturated heterocycles. The normalized spacial score (nSPS) is 16.8. The van der Waals surface area contributed by atoms with Crippen LogP contribution in [0, 0.1) is 0 Å². The highest BCUT2D eigenvalue weighted by Gasteiger charge is 2.37. The van der Waals surface area contributed by atoms with Gasteiger partial charge in [0.15, 0.2) is 0 Å². The first kappa shape index (κ1) is 33.4. The molecule has 0 bridgehead atoms. The highest BCUT2D eigenvalue weighted by molar-refractivity contribution is 8.00. The van der Waals surface area contributed by atoms with Crippen molar-refractivity contribution in [3.63, 3.8) is 0 Å². The van der Waals surface area contributed by atoms with Crippen LogP contribution in [0.25, 0.3) is 0 Å². The number of Topliss-reactive ketones (excluding diaryl/α,β-unsaturated/α-hetero) is 1. The quantitative estimate of drug-likeness (QED) is 0.0942. The average molecular weight is 562 g/mol. The molecule has 0 aromatic heterocycles.